The van der Waals surface area contributed by atoms with Gasteiger partial charge in [-0.15, -0.1) is 0 Å². The van der Waals surface area contributed by atoms with Gasteiger partial charge >= 0.3 is 0 Å². The molecule has 1 atom stereocenters. The molecule has 0 bridgehead atoms. The number of nitrogens with one attached hydrogen (secondary N) is 2. The molecule has 5 N–H and O–H groups in total. The highest BCUT2D eigenvalue weighted by atomic mass is 32.2. The molecule has 110 valence electrons. The summed E-state index contributed by atoms with van der Waals surface area (Å²) in [6, 6.07) is 3.73. The first-order valence-corrected chi connectivity index (χ1v) is 7.98. The molecule has 0 radical (unpaired) electrons. The summed E-state index contributed by atoms with van der Waals surface area (Å²) in [5, 5.41) is 16.2. The summed E-state index contributed by atoms with van der Waals surface area (Å²) in [7, 11) is 0. The number of aryl methyl sites for hydroxylation is 1. The van der Waals surface area contributed by atoms with Crippen molar-refractivity contribution in [3.63, 3.8) is 0 Å². The molecule has 1 aliphatic heterocycles. The molecule has 6 heteroatoms. The van der Waals surface area contributed by atoms with Gasteiger partial charge in [0.05, 0.1) is 17.0 Å². The molecule has 0 saturated carbocycles. The number of anilines is 3. The summed E-state index contributed by atoms with van der Waals surface area (Å²) in [5.74, 6) is 0.671. The van der Waals surface area contributed by atoms with Crippen LogP contribution in [-0.4, -0.2) is 35.2 Å². The van der Waals surface area contributed by atoms with Gasteiger partial charge in [-0.25, -0.2) is 0 Å². The van der Waals surface area contributed by atoms with Gasteiger partial charge in [0.1, 0.15) is 0 Å². The monoisotopic (exact) mass is 295 g/mol. The molecule has 1 amide bonds. The zero-order valence-electron chi connectivity index (χ0n) is 11.8. The Morgan fingerprint density at radius 1 is 1.50 bits per heavy atom. The van der Waals surface area contributed by atoms with Gasteiger partial charge in [0.2, 0.25) is 5.91 Å². The highest BCUT2D eigenvalue weighted by Crippen LogP contribution is 2.31. The van der Waals surface area contributed by atoms with Crippen LogP contribution in [0.2, 0.25) is 0 Å². The lowest BCUT2D eigenvalue weighted by atomic mass is 10.0. The molecular formula is C14H21N3O2S. The summed E-state index contributed by atoms with van der Waals surface area (Å²) in [6.45, 7) is 2.19. The first kappa shape index (κ1) is 15.0. The number of thioether (sulfide) groups is 1. The first-order chi connectivity index (χ1) is 9.41. The average Bonchev–Trinajstić information content (AvgIpc) is 2.37. The maximum Gasteiger partial charge on any atom is 0.224 e. The molecule has 1 aliphatic rings. The van der Waals surface area contributed by atoms with Gasteiger partial charge in [-0.3, -0.25) is 4.79 Å². The molecule has 1 aromatic carbocycles. The van der Waals surface area contributed by atoms with E-state index in [9.17, 15) is 9.90 Å². The summed E-state index contributed by atoms with van der Waals surface area (Å²) < 4.78 is 0. The van der Waals surface area contributed by atoms with Crippen LogP contribution < -0.4 is 16.4 Å². The summed E-state index contributed by atoms with van der Waals surface area (Å²) in [6.07, 6.45) is 3.18. The number of benzene rings is 1. The Balaban J connectivity index is 2.12. The number of rotatable bonds is 5. The van der Waals surface area contributed by atoms with Gasteiger partial charge in [0, 0.05) is 24.4 Å². The standard InChI is InChI=1S/C14H21N3O2S/c1-14(19,8-20-2)7-16-12-6-11-9(5-10(12)15)3-4-13(18)17-11/h5-6,16,19H,3-4,7-8,15H2,1-2H3,(H,17,18). The van der Waals surface area contributed by atoms with Crippen LogP contribution in [0.4, 0.5) is 17.1 Å². The zero-order valence-corrected chi connectivity index (χ0v) is 12.6. The van der Waals surface area contributed by atoms with Gasteiger partial charge in [0.25, 0.3) is 0 Å². The van der Waals surface area contributed by atoms with E-state index in [4.69, 9.17) is 5.73 Å². The summed E-state index contributed by atoms with van der Waals surface area (Å²) in [4.78, 5) is 11.4. The predicted octanol–water partition coefficient (Wildman–Crippen LogP) is 1.68. The van der Waals surface area contributed by atoms with Gasteiger partial charge in [-0.05, 0) is 37.3 Å². The third kappa shape index (κ3) is 3.58. The molecule has 0 spiro atoms. The van der Waals surface area contributed by atoms with Crippen molar-refractivity contribution in [1.82, 2.24) is 0 Å². The maximum absolute atomic E-state index is 11.4. The van der Waals surface area contributed by atoms with E-state index >= 15 is 0 Å². The highest BCUT2D eigenvalue weighted by Gasteiger charge is 2.21. The lowest BCUT2D eigenvalue weighted by Gasteiger charge is -2.25. The molecule has 5 nitrogen and oxygen atoms in total. The summed E-state index contributed by atoms with van der Waals surface area (Å²) in [5.41, 5.74) is 8.47. The second-order valence-electron chi connectivity index (χ2n) is 5.43. The van der Waals surface area contributed by atoms with Crippen molar-refractivity contribution in [3.8, 4) is 0 Å². The molecule has 0 aliphatic carbocycles. The van der Waals surface area contributed by atoms with Crippen LogP contribution in [-0.2, 0) is 11.2 Å². The number of amides is 1. The number of carbonyl (C=O) groups excluding carboxylic acids is 1. The second kappa shape index (κ2) is 5.93. The number of carbonyl (C=O) groups is 1. The fourth-order valence-electron chi connectivity index (χ4n) is 2.25. The zero-order chi connectivity index (χ0) is 14.8. The Bertz CT molecular complexity index is 517. The molecule has 0 saturated heterocycles. The molecule has 1 unspecified atom stereocenters. The molecule has 1 aromatic rings. The van der Waals surface area contributed by atoms with Crippen LogP contribution in [0, 0.1) is 0 Å². The SMILES string of the molecule is CSCC(C)(O)CNc1cc2c(cc1N)CCC(=O)N2. The van der Waals surface area contributed by atoms with Crippen LogP contribution in [0.25, 0.3) is 0 Å². The van der Waals surface area contributed by atoms with Crippen molar-refractivity contribution in [1.29, 1.82) is 0 Å². The van der Waals surface area contributed by atoms with Crippen molar-refractivity contribution < 1.29 is 9.90 Å². The van der Waals surface area contributed by atoms with Crippen LogP contribution in [0.5, 0.6) is 0 Å². The van der Waals surface area contributed by atoms with Crippen LogP contribution in [0.1, 0.15) is 18.9 Å². The van der Waals surface area contributed by atoms with Crippen molar-refractivity contribution in [3.05, 3.63) is 17.7 Å². The van der Waals surface area contributed by atoms with E-state index in [1.807, 2.05) is 18.4 Å². The third-order valence-electron chi connectivity index (χ3n) is 3.29. The number of hydrogen-bond donors (Lipinski definition) is 4. The van der Waals surface area contributed by atoms with E-state index in [0.29, 0.717) is 24.4 Å². The number of hydrogen-bond acceptors (Lipinski definition) is 5. The molecule has 1 heterocycles. The largest absolute Gasteiger partial charge is 0.397 e. The van der Waals surface area contributed by atoms with Crippen molar-refractivity contribution in [2.45, 2.75) is 25.4 Å². The fourth-order valence-corrected chi connectivity index (χ4v) is 2.97. The number of aliphatic hydroxyl groups is 1. The molecule has 2 rings (SSSR count). The minimum absolute atomic E-state index is 0.0302. The van der Waals surface area contributed by atoms with E-state index in [2.05, 4.69) is 10.6 Å². The van der Waals surface area contributed by atoms with Crippen molar-refractivity contribution >= 4 is 34.7 Å². The Hall–Kier alpha value is -1.40. The quantitative estimate of drug-likeness (QED) is 0.621. The van der Waals surface area contributed by atoms with E-state index in [1.54, 1.807) is 18.7 Å². The van der Waals surface area contributed by atoms with E-state index in [1.165, 1.54) is 0 Å². The average molecular weight is 295 g/mol. The Morgan fingerprint density at radius 3 is 2.95 bits per heavy atom. The lowest BCUT2D eigenvalue weighted by molar-refractivity contribution is -0.116. The molecule has 0 fully saturated rings. The second-order valence-corrected chi connectivity index (χ2v) is 6.29. The van der Waals surface area contributed by atoms with Gasteiger partial charge in [-0.1, -0.05) is 0 Å². The Kier molecular flexibility index (Phi) is 4.45. The van der Waals surface area contributed by atoms with Gasteiger partial charge < -0.3 is 21.5 Å². The van der Waals surface area contributed by atoms with Gasteiger partial charge in [-0.2, -0.15) is 11.8 Å². The van der Waals surface area contributed by atoms with Crippen LogP contribution in [0.3, 0.4) is 0 Å². The molecular weight excluding hydrogens is 274 g/mol. The Labute approximate surface area is 123 Å². The first-order valence-electron chi connectivity index (χ1n) is 6.59. The summed E-state index contributed by atoms with van der Waals surface area (Å²) >= 11 is 1.59. The predicted molar refractivity (Wildman–Crippen MR) is 85.3 cm³/mol. The normalized spacial score (nSPS) is 17.1. The van der Waals surface area contributed by atoms with E-state index in [-0.39, 0.29) is 5.91 Å². The van der Waals surface area contributed by atoms with E-state index < -0.39 is 5.60 Å². The highest BCUT2D eigenvalue weighted by molar-refractivity contribution is 7.98. The van der Waals surface area contributed by atoms with Crippen molar-refractivity contribution in [2.24, 2.45) is 0 Å². The lowest BCUT2D eigenvalue weighted by Crippen LogP contribution is -2.36. The number of nitrogens with two attached hydrogens (primary N) is 1. The molecule has 20 heavy (non-hydrogen) atoms. The maximum atomic E-state index is 11.4. The smallest absolute Gasteiger partial charge is 0.224 e. The minimum atomic E-state index is -0.801. The van der Waals surface area contributed by atoms with Crippen LogP contribution in [0.15, 0.2) is 12.1 Å². The number of nitrogen functional groups attached to an aromatic ring is 1. The van der Waals surface area contributed by atoms with Crippen molar-refractivity contribution in [2.75, 3.05) is 34.9 Å². The topological polar surface area (TPSA) is 87.4 Å². The fraction of sp³-hybridized carbons (Fsp3) is 0.500. The molecule has 0 aromatic heterocycles. The number of fused-ring (bicyclic) bond motifs is 1. The Morgan fingerprint density at radius 2 is 2.25 bits per heavy atom. The minimum Gasteiger partial charge on any atom is -0.397 e. The third-order valence-corrected chi connectivity index (χ3v) is 4.20. The van der Waals surface area contributed by atoms with Crippen LogP contribution >= 0.6 is 11.8 Å². The van der Waals surface area contributed by atoms with E-state index in [0.717, 1.165) is 23.4 Å². The van der Waals surface area contributed by atoms with Gasteiger partial charge in [0.15, 0.2) is 0 Å².